The summed E-state index contributed by atoms with van der Waals surface area (Å²) in [6.45, 7) is 0. The van der Waals surface area contributed by atoms with E-state index in [-0.39, 0.29) is 0 Å². The molecule has 0 saturated heterocycles. The van der Waals surface area contributed by atoms with Crippen molar-refractivity contribution < 1.29 is 4.42 Å². The number of fused-ring (bicyclic) bond motifs is 7. The van der Waals surface area contributed by atoms with Crippen LogP contribution in [-0.2, 0) is 0 Å². The third kappa shape index (κ3) is 5.96. The Kier molecular flexibility index (Phi) is 8.13. The fourth-order valence-electron chi connectivity index (χ4n) is 9.11. The molecule has 0 spiro atoms. The molecule has 0 aliphatic heterocycles. The summed E-state index contributed by atoms with van der Waals surface area (Å²) in [6, 6.07) is 78.1. The monoisotopic (exact) mass is 779 g/mol. The van der Waals surface area contributed by atoms with Crippen molar-refractivity contribution >= 4 is 71.6 Å². The Morgan fingerprint density at radius 1 is 0.377 bits per heavy atom. The Balaban J connectivity index is 0.978. The van der Waals surface area contributed by atoms with Crippen molar-refractivity contribution in [2.24, 2.45) is 0 Å². The number of hydrogen-bond donors (Lipinski definition) is 0. The zero-order chi connectivity index (χ0) is 40.3. The average Bonchev–Trinajstić information content (AvgIpc) is 3.87. The summed E-state index contributed by atoms with van der Waals surface area (Å²) < 4.78 is 8.79. The highest BCUT2D eigenvalue weighted by Crippen LogP contribution is 2.41. The summed E-state index contributed by atoms with van der Waals surface area (Å²) in [6.07, 6.45) is 1.87. The Hall–Kier alpha value is -8.21. The molecule has 61 heavy (non-hydrogen) atoms. The Labute approximate surface area is 352 Å². The molecule has 0 atom stereocenters. The number of hydrogen-bond acceptors (Lipinski definition) is 3. The molecule has 12 aromatic rings. The van der Waals surface area contributed by atoms with Crippen molar-refractivity contribution in [3.63, 3.8) is 0 Å². The van der Waals surface area contributed by atoms with Crippen molar-refractivity contribution in [1.82, 2.24) is 9.55 Å². The van der Waals surface area contributed by atoms with Gasteiger partial charge in [-0.15, -0.1) is 0 Å². The van der Waals surface area contributed by atoms with Gasteiger partial charge < -0.3 is 13.9 Å². The lowest BCUT2D eigenvalue weighted by molar-refractivity contribution is 0.668. The van der Waals surface area contributed by atoms with E-state index in [1.54, 1.807) is 0 Å². The van der Waals surface area contributed by atoms with E-state index < -0.39 is 0 Å². The predicted molar refractivity (Wildman–Crippen MR) is 254 cm³/mol. The van der Waals surface area contributed by atoms with Crippen molar-refractivity contribution in [3.8, 4) is 39.2 Å². The number of rotatable bonds is 7. The fourth-order valence-corrected chi connectivity index (χ4v) is 9.11. The van der Waals surface area contributed by atoms with Crippen LogP contribution in [0.15, 0.2) is 229 Å². The molecule has 3 heterocycles. The Bertz CT molecular complexity index is 3600. The smallest absolute Gasteiger partial charge is 0.161 e. The summed E-state index contributed by atoms with van der Waals surface area (Å²) >= 11 is 0. The van der Waals surface area contributed by atoms with Crippen molar-refractivity contribution in [2.45, 2.75) is 0 Å². The summed E-state index contributed by atoms with van der Waals surface area (Å²) in [4.78, 5) is 7.16. The summed E-state index contributed by atoms with van der Waals surface area (Å²) in [5.74, 6) is 0. The van der Waals surface area contributed by atoms with Crippen LogP contribution in [0.2, 0.25) is 0 Å². The largest absolute Gasteiger partial charge is 0.454 e. The molecule has 4 nitrogen and oxygen atoms in total. The van der Waals surface area contributed by atoms with Crippen molar-refractivity contribution in [1.29, 1.82) is 0 Å². The number of benzene rings is 9. The predicted octanol–water partition coefficient (Wildman–Crippen LogP) is 15.7. The van der Waals surface area contributed by atoms with Crippen molar-refractivity contribution in [3.05, 3.63) is 225 Å². The van der Waals surface area contributed by atoms with Crippen LogP contribution < -0.4 is 4.90 Å². The second kappa shape index (κ2) is 14.3. The van der Waals surface area contributed by atoms with E-state index in [2.05, 4.69) is 204 Å². The molecule has 9 aromatic carbocycles. The van der Waals surface area contributed by atoms with Crippen LogP contribution in [0, 0.1) is 0 Å². The molecule has 0 N–H and O–H groups in total. The van der Waals surface area contributed by atoms with E-state index in [0.717, 1.165) is 72.6 Å². The van der Waals surface area contributed by atoms with Gasteiger partial charge in [-0.25, -0.2) is 0 Å². The molecular weight excluding hydrogens is 743 g/mol. The highest BCUT2D eigenvalue weighted by Gasteiger charge is 2.18. The first-order valence-electron chi connectivity index (χ1n) is 20.7. The van der Waals surface area contributed by atoms with E-state index in [1.807, 2.05) is 30.5 Å². The molecule has 0 aliphatic rings. The molecule has 0 unspecified atom stereocenters. The number of para-hydroxylation sites is 2. The van der Waals surface area contributed by atoms with Gasteiger partial charge in [0.25, 0.3) is 0 Å². The highest BCUT2D eigenvalue weighted by atomic mass is 16.3. The van der Waals surface area contributed by atoms with Crippen LogP contribution in [0.3, 0.4) is 0 Å². The van der Waals surface area contributed by atoms with Gasteiger partial charge in [0, 0.05) is 56.1 Å². The number of pyridine rings is 1. The van der Waals surface area contributed by atoms with Crippen LogP contribution in [0.4, 0.5) is 17.1 Å². The zero-order valence-corrected chi connectivity index (χ0v) is 33.1. The normalized spacial score (nSPS) is 11.6. The van der Waals surface area contributed by atoms with Gasteiger partial charge in [-0.3, -0.25) is 4.98 Å². The average molecular weight is 780 g/mol. The first-order chi connectivity index (χ1) is 30.2. The maximum atomic E-state index is 6.38. The highest BCUT2D eigenvalue weighted by molar-refractivity contribution is 6.14. The second-order valence-electron chi connectivity index (χ2n) is 15.6. The molecule has 0 amide bonds. The van der Waals surface area contributed by atoms with E-state index >= 15 is 0 Å². The summed E-state index contributed by atoms with van der Waals surface area (Å²) in [5.41, 5.74) is 14.8. The molecule has 12 rings (SSSR count). The van der Waals surface area contributed by atoms with Crippen LogP contribution >= 0.6 is 0 Å². The van der Waals surface area contributed by atoms with Gasteiger partial charge in [0.1, 0.15) is 11.3 Å². The first-order valence-corrected chi connectivity index (χ1v) is 20.7. The molecule has 0 aliphatic carbocycles. The molecule has 286 valence electrons. The quantitative estimate of drug-likeness (QED) is 0.162. The van der Waals surface area contributed by atoms with Gasteiger partial charge >= 0.3 is 0 Å². The molecule has 3 aromatic heterocycles. The molecule has 4 heteroatoms. The third-order valence-electron chi connectivity index (χ3n) is 12.0. The summed E-state index contributed by atoms with van der Waals surface area (Å²) in [5, 5.41) is 7.14. The topological polar surface area (TPSA) is 34.2 Å². The molecule has 0 saturated carbocycles. The minimum atomic E-state index is 0.799. The van der Waals surface area contributed by atoms with Gasteiger partial charge in [0.15, 0.2) is 5.58 Å². The van der Waals surface area contributed by atoms with Crippen molar-refractivity contribution in [2.75, 3.05) is 4.90 Å². The maximum Gasteiger partial charge on any atom is 0.161 e. The standard InChI is InChI=1S/C57H37N3O/c1-2-13-38(14-3-1)40-17-10-20-46(33-40)59(45-29-27-39(28-30-45)56-57-51(31-32-58-56)50-24-7-9-26-55(50)61-57)47-21-11-18-41(34-47)42-19-12-22-48(35-42)60-53-25-8-6-23-49(53)52-36-43-15-4-5-16-44(43)37-54(52)60/h1-37H. The van der Waals surface area contributed by atoms with Crippen LogP contribution in [0.5, 0.6) is 0 Å². The lowest BCUT2D eigenvalue weighted by Gasteiger charge is -2.27. The third-order valence-corrected chi connectivity index (χ3v) is 12.0. The van der Waals surface area contributed by atoms with E-state index in [9.17, 15) is 0 Å². The number of nitrogens with zero attached hydrogens (tertiary/aromatic N) is 3. The lowest BCUT2D eigenvalue weighted by Crippen LogP contribution is -2.10. The Morgan fingerprint density at radius 3 is 1.79 bits per heavy atom. The number of anilines is 3. The van der Waals surface area contributed by atoms with Crippen LogP contribution in [0.1, 0.15) is 0 Å². The zero-order valence-electron chi connectivity index (χ0n) is 33.1. The summed E-state index contributed by atoms with van der Waals surface area (Å²) in [7, 11) is 0. The molecule has 0 bridgehead atoms. The molecule has 0 radical (unpaired) electrons. The molecule has 0 fully saturated rings. The number of furan rings is 1. The maximum absolute atomic E-state index is 6.38. The fraction of sp³-hybridized carbons (Fsp3) is 0. The van der Waals surface area contributed by atoms with Gasteiger partial charge in [0.2, 0.25) is 0 Å². The first kappa shape index (κ1) is 34.8. The Morgan fingerprint density at radius 2 is 1.00 bits per heavy atom. The van der Waals surface area contributed by atoms with Gasteiger partial charge in [0.05, 0.1) is 11.0 Å². The van der Waals surface area contributed by atoms with Crippen LogP contribution in [0.25, 0.3) is 93.7 Å². The lowest BCUT2D eigenvalue weighted by atomic mass is 10.0. The minimum absolute atomic E-state index is 0.799. The van der Waals surface area contributed by atoms with Crippen LogP contribution in [-0.4, -0.2) is 9.55 Å². The van der Waals surface area contributed by atoms with Gasteiger partial charge in [-0.2, -0.15) is 0 Å². The minimum Gasteiger partial charge on any atom is -0.454 e. The van der Waals surface area contributed by atoms with E-state index in [4.69, 9.17) is 9.40 Å². The number of aromatic nitrogens is 2. The molecular formula is C57H37N3O. The van der Waals surface area contributed by atoms with Gasteiger partial charge in [-0.1, -0.05) is 140 Å². The SMILES string of the molecule is c1ccc(-c2cccc(N(c3ccc(-c4nccc5c4oc4ccccc45)cc3)c3cccc(-c4cccc(-n5c6ccccc6c6cc7ccccc7cc65)c4)c3)c2)cc1. The van der Waals surface area contributed by atoms with E-state index in [1.165, 1.54) is 38.1 Å². The van der Waals surface area contributed by atoms with E-state index in [0.29, 0.717) is 0 Å². The second-order valence-corrected chi connectivity index (χ2v) is 15.6. The van der Waals surface area contributed by atoms with Gasteiger partial charge in [-0.05, 0) is 112 Å².